The molecular weight excluding hydrogens is 173 g/mol. The molecule has 2 atom stereocenters. The number of hydrogen-bond acceptors (Lipinski definition) is 2. The fourth-order valence-corrected chi connectivity index (χ4v) is 0.385. The van der Waals surface area contributed by atoms with E-state index >= 15 is 0 Å². The molecule has 0 aliphatic carbocycles. The highest BCUT2D eigenvalue weighted by Crippen LogP contribution is 2.36. The molecule has 68 valence electrons. The summed E-state index contributed by atoms with van der Waals surface area (Å²) >= 11 is 0. The lowest BCUT2D eigenvalue weighted by atomic mass is 10.3. The molecule has 0 rings (SSSR count). The molecule has 0 aliphatic heterocycles. The quantitative estimate of drug-likeness (QED) is 0.509. The van der Waals surface area contributed by atoms with Gasteiger partial charge >= 0.3 is 12.0 Å². The smallest absolute Gasteiger partial charge is 0.339 e. The second kappa shape index (κ2) is 2.90. The minimum Gasteiger partial charge on any atom is -0.339 e. The Morgan fingerprint density at radius 3 is 1.64 bits per heavy atom. The van der Waals surface area contributed by atoms with Gasteiger partial charge in [0.15, 0.2) is 0 Å². The molecule has 7 heteroatoms. The Bertz CT molecular complexity index is 135. The summed E-state index contributed by atoms with van der Waals surface area (Å²) in [5.74, 6) is -4.41. The van der Waals surface area contributed by atoms with E-state index < -0.39 is 18.3 Å². The van der Waals surface area contributed by atoms with Crippen molar-refractivity contribution in [3.63, 3.8) is 0 Å². The lowest BCUT2D eigenvalue weighted by Crippen LogP contribution is -2.54. The minimum atomic E-state index is -5.46. The molecule has 0 aromatic heterocycles. The molecule has 0 heterocycles. The maximum atomic E-state index is 12.3. The topological polar surface area (TPSA) is 35.2 Å². The van der Waals surface area contributed by atoms with E-state index in [-0.39, 0.29) is 0 Å². The van der Waals surface area contributed by atoms with Crippen LogP contribution in [0.1, 0.15) is 0 Å². The monoisotopic (exact) mass is 179 g/mol. The van der Waals surface area contributed by atoms with Crippen LogP contribution in [-0.2, 0) is 4.74 Å². The maximum Gasteiger partial charge on any atom is 0.453 e. The molecule has 2 unspecified atom stereocenters. The van der Waals surface area contributed by atoms with Gasteiger partial charge in [-0.25, -0.2) is 4.39 Å². The number of rotatable bonds is 2. The van der Waals surface area contributed by atoms with E-state index in [1.54, 1.807) is 0 Å². The van der Waals surface area contributed by atoms with E-state index in [9.17, 15) is 22.0 Å². The van der Waals surface area contributed by atoms with Crippen molar-refractivity contribution in [2.75, 3.05) is 7.11 Å². The summed E-state index contributed by atoms with van der Waals surface area (Å²) in [6.07, 6.45) is -8.71. The Kier molecular flexibility index (Phi) is 2.79. The molecule has 11 heavy (non-hydrogen) atoms. The zero-order chi connectivity index (χ0) is 9.28. The molecule has 2 nitrogen and oxygen atoms in total. The SMILES string of the molecule is COC(F)(C(N)F)C(F)(F)F. The van der Waals surface area contributed by atoms with Crippen LogP contribution in [-0.4, -0.2) is 25.4 Å². The molecular formula is C4H6F5NO. The van der Waals surface area contributed by atoms with Gasteiger partial charge in [0, 0.05) is 7.11 Å². The average molecular weight is 179 g/mol. The van der Waals surface area contributed by atoms with Crippen molar-refractivity contribution in [2.45, 2.75) is 18.3 Å². The van der Waals surface area contributed by atoms with Crippen LogP contribution in [0.25, 0.3) is 0 Å². The van der Waals surface area contributed by atoms with Crippen LogP contribution >= 0.6 is 0 Å². The van der Waals surface area contributed by atoms with Crippen molar-refractivity contribution >= 4 is 0 Å². The first kappa shape index (κ1) is 10.6. The van der Waals surface area contributed by atoms with E-state index in [0.717, 1.165) is 0 Å². The van der Waals surface area contributed by atoms with Crippen LogP contribution in [0, 0.1) is 0 Å². The molecule has 0 saturated carbocycles. The van der Waals surface area contributed by atoms with Crippen molar-refractivity contribution in [1.29, 1.82) is 0 Å². The van der Waals surface area contributed by atoms with Crippen LogP contribution in [0.5, 0.6) is 0 Å². The highest BCUT2D eigenvalue weighted by molar-refractivity contribution is 4.81. The van der Waals surface area contributed by atoms with Gasteiger partial charge in [0.05, 0.1) is 0 Å². The Labute approximate surface area is 59.1 Å². The molecule has 0 bridgehead atoms. The largest absolute Gasteiger partial charge is 0.453 e. The summed E-state index contributed by atoms with van der Waals surface area (Å²) < 4.78 is 62.0. The van der Waals surface area contributed by atoms with Crippen molar-refractivity contribution in [3.8, 4) is 0 Å². The number of hydrogen-bond donors (Lipinski definition) is 1. The summed E-state index contributed by atoms with van der Waals surface area (Å²) in [5, 5.41) is 0. The van der Waals surface area contributed by atoms with E-state index in [0.29, 0.717) is 7.11 Å². The molecule has 0 aromatic carbocycles. The lowest BCUT2D eigenvalue weighted by Gasteiger charge is -2.26. The van der Waals surface area contributed by atoms with E-state index in [1.807, 2.05) is 0 Å². The molecule has 0 fully saturated rings. The van der Waals surface area contributed by atoms with E-state index in [1.165, 1.54) is 0 Å². The standard InChI is InChI=1S/C4H6F5NO/c1-11-3(6,2(5)10)4(7,8)9/h2H,10H2,1H3. The van der Waals surface area contributed by atoms with Gasteiger partial charge in [-0.2, -0.15) is 17.6 Å². The van der Waals surface area contributed by atoms with Gasteiger partial charge in [0.2, 0.25) is 6.30 Å². The predicted octanol–water partition coefficient (Wildman–Crippen LogP) is 1.12. The number of alkyl halides is 5. The van der Waals surface area contributed by atoms with Crippen LogP contribution in [0.4, 0.5) is 22.0 Å². The number of methoxy groups -OCH3 is 1. The third-order valence-corrected chi connectivity index (χ3v) is 1.04. The number of halogens is 5. The van der Waals surface area contributed by atoms with E-state index in [4.69, 9.17) is 0 Å². The second-order valence-electron chi connectivity index (χ2n) is 1.75. The predicted molar refractivity (Wildman–Crippen MR) is 26.0 cm³/mol. The Hall–Kier alpha value is -0.430. The summed E-state index contributed by atoms with van der Waals surface area (Å²) in [6.45, 7) is 0. The zero-order valence-electron chi connectivity index (χ0n) is 5.45. The first-order valence-corrected chi connectivity index (χ1v) is 2.46. The van der Waals surface area contributed by atoms with Crippen LogP contribution < -0.4 is 5.73 Å². The number of ether oxygens (including phenoxy) is 1. The fraction of sp³-hybridized carbons (Fsp3) is 1.00. The van der Waals surface area contributed by atoms with Gasteiger partial charge < -0.3 is 4.74 Å². The van der Waals surface area contributed by atoms with Gasteiger partial charge in [-0.05, 0) is 0 Å². The van der Waals surface area contributed by atoms with Gasteiger partial charge in [-0.1, -0.05) is 0 Å². The van der Waals surface area contributed by atoms with Crippen LogP contribution in [0.3, 0.4) is 0 Å². The highest BCUT2D eigenvalue weighted by Gasteiger charge is 2.62. The van der Waals surface area contributed by atoms with Crippen molar-refractivity contribution in [3.05, 3.63) is 0 Å². The minimum absolute atomic E-state index is 0.382. The van der Waals surface area contributed by atoms with Crippen LogP contribution in [0.2, 0.25) is 0 Å². The molecule has 0 aromatic rings. The molecule has 0 aliphatic rings. The van der Waals surface area contributed by atoms with Gasteiger partial charge in [-0.15, -0.1) is 0 Å². The first-order valence-electron chi connectivity index (χ1n) is 2.46. The fourth-order valence-electron chi connectivity index (χ4n) is 0.385. The molecule has 0 saturated heterocycles. The van der Waals surface area contributed by atoms with Crippen molar-refractivity contribution < 1.29 is 26.7 Å². The number of nitrogens with two attached hydrogens (primary N) is 1. The Balaban J connectivity index is 4.61. The summed E-state index contributed by atoms with van der Waals surface area (Å²) in [7, 11) is 0.382. The van der Waals surface area contributed by atoms with Crippen molar-refractivity contribution in [2.24, 2.45) is 5.73 Å². The van der Waals surface area contributed by atoms with Crippen LogP contribution in [0.15, 0.2) is 0 Å². The Morgan fingerprint density at radius 2 is 1.64 bits per heavy atom. The van der Waals surface area contributed by atoms with E-state index in [2.05, 4.69) is 10.5 Å². The molecule has 0 amide bonds. The summed E-state index contributed by atoms with van der Waals surface area (Å²) in [5.41, 5.74) is 4.08. The lowest BCUT2D eigenvalue weighted by molar-refractivity contribution is -0.344. The summed E-state index contributed by atoms with van der Waals surface area (Å²) in [6, 6.07) is 0. The first-order chi connectivity index (χ1) is 4.75. The van der Waals surface area contributed by atoms with Crippen molar-refractivity contribution in [1.82, 2.24) is 0 Å². The third-order valence-electron chi connectivity index (χ3n) is 1.04. The highest BCUT2D eigenvalue weighted by atomic mass is 19.4. The third kappa shape index (κ3) is 1.78. The average Bonchev–Trinajstić information content (AvgIpc) is 1.83. The van der Waals surface area contributed by atoms with Gasteiger partial charge in [-0.3, -0.25) is 5.73 Å². The normalized spacial score (nSPS) is 21.0. The molecule has 0 spiro atoms. The summed E-state index contributed by atoms with van der Waals surface area (Å²) in [4.78, 5) is 0. The second-order valence-corrected chi connectivity index (χ2v) is 1.75. The zero-order valence-corrected chi connectivity index (χ0v) is 5.45. The van der Waals surface area contributed by atoms with Gasteiger partial charge in [0.1, 0.15) is 0 Å². The molecule has 0 radical (unpaired) electrons. The van der Waals surface area contributed by atoms with Gasteiger partial charge in [0.25, 0.3) is 0 Å². The molecule has 2 N–H and O–H groups in total. The Morgan fingerprint density at radius 1 is 1.27 bits per heavy atom. The maximum absolute atomic E-state index is 12.3.